The van der Waals surface area contributed by atoms with Crippen LogP contribution >= 0.6 is 0 Å². The Bertz CT molecular complexity index is 979. The van der Waals surface area contributed by atoms with Crippen molar-refractivity contribution in [3.63, 3.8) is 0 Å². The first-order chi connectivity index (χ1) is 13.9. The monoisotopic (exact) mass is 390 g/mol. The van der Waals surface area contributed by atoms with Gasteiger partial charge >= 0.3 is 0 Å². The van der Waals surface area contributed by atoms with Gasteiger partial charge in [0.25, 0.3) is 5.91 Å². The lowest BCUT2D eigenvalue weighted by Gasteiger charge is -2.23. The lowest BCUT2D eigenvalue weighted by molar-refractivity contribution is 0.0945. The van der Waals surface area contributed by atoms with Crippen molar-refractivity contribution in [1.29, 1.82) is 0 Å². The number of benzene rings is 2. The van der Waals surface area contributed by atoms with Gasteiger partial charge in [0.05, 0.1) is 19.5 Å². The summed E-state index contributed by atoms with van der Waals surface area (Å²) in [6.07, 6.45) is 3.04. The summed E-state index contributed by atoms with van der Waals surface area (Å²) < 4.78 is 5.30. The molecule has 0 atom stereocenters. The Balaban J connectivity index is 1.67. The van der Waals surface area contributed by atoms with Gasteiger partial charge < -0.3 is 15.4 Å². The lowest BCUT2D eigenvalue weighted by atomic mass is 9.86. The standard InChI is InChI=1S/C23H26N4O2/c1-23(2,3)17-10-6-7-11-18(17)27-21-15-24-19(14-25-21)22(28)26-13-16-9-5-8-12-20(16)29-4/h5-12,14-15H,13H2,1-4H3,(H,25,27)(H,26,28). The average molecular weight is 390 g/mol. The molecule has 3 rings (SSSR count). The van der Waals surface area contributed by atoms with Gasteiger partial charge in [0.2, 0.25) is 0 Å². The van der Waals surface area contributed by atoms with Crippen molar-refractivity contribution in [1.82, 2.24) is 15.3 Å². The third-order valence-electron chi connectivity index (χ3n) is 4.51. The fourth-order valence-electron chi connectivity index (χ4n) is 3.01. The fraction of sp³-hybridized carbons (Fsp3) is 0.261. The Kier molecular flexibility index (Phi) is 6.12. The maximum Gasteiger partial charge on any atom is 0.271 e. The molecule has 6 nitrogen and oxygen atoms in total. The molecule has 1 amide bonds. The van der Waals surface area contributed by atoms with Crippen molar-refractivity contribution < 1.29 is 9.53 Å². The van der Waals surface area contributed by atoms with Crippen LogP contribution in [0.25, 0.3) is 0 Å². The van der Waals surface area contributed by atoms with Crippen LogP contribution in [-0.2, 0) is 12.0 Å². The first kappa shape index (κ1) is 20.3. The zero-order valence-electron chi connectivity index (χ0n) is 17.2. The highest BCUT2D eigenvalue weighted by molar-refractivity contribution is 5.92. The maximum absolute atomic E-state index is 12.4. The smallest absolute Gasteiger partial charge is 0.271 e. The van der Waals surface area contributed by atoms with Crippen molar-refractivity contribution in [2.75, 3.05) is 12.4 Å². The topological polar surface area (TPSA) is 76.1 Å². The third-order valence-corrected chi connectivity index (χ3v) is 4.51. The molecule has 2 N–H and O–H groups in total. The van der Waals surface area contributed by atoms with Crippen LogP contribution in [0.3, 0.4) is 0 Å². The zero-order valence-corrected chi connectivity index (χ0v) is 17.2. The molecule has 0 aliphatic rings. The molecule has 0 unspecified atom stereocenters. The summed E-state index contributed by atoms with van der Waals surface area (Å²) in [7, 11) is 1.61. The molecule has 3 aromatic rings. The highest BCUT2D eigenvalue weighted by Crippen LogP contribution is 2.30. The average Bonchev–Trinajstić information content (AvgIpc) is 2.72. The van der Waals surface area contributed by atoms with E-state index in [1.807, 2.05) is 42.5 Å². The molecule has 0 fully saturated rings. The minimum Gasteiger partial charge on any atom is -0.496 e. The first-order valence-electron chi connectivity index (χ1n) is 9.47. The minimum absolute atomic E-state index is 0.00462. The van der Waals surface area contributed by atoms with Gasteiger partial charge in [-0.05, 0) is 23.1 Å². The van der Waals surface area contributed by atoms with E-state index in [0.29, 0.717) is 12.4 Å². The van der Waals surface area contributed by atoms with Crippen molar-refractivity contribution in [3.05, 3.63) is 77.7 Å². The van der Waals surface area contributed by atoms with E-state index in [4.69, 9.17) is 4.74 Å². The Morgan fingerprint density at radius 2 is 1.72 bits per heavy atom. The number of nitrogens with zero attached hydrogens (tertiary/aromatic N) is 2. The molecule has 6 heteroatoms. The van der Waals surface area contributed by atoms with Crippen molar-refractivity contribution in [2.24, 2.45) is 0 Å². The number of anilines is 2. The molecular weight excluding hydrogens is 364 g/mol. The van der Waals surface area contributed by atoms with Gasteiger partial charge in [-0.3, -0.25) is 4.79 Å². The number of hydrogen-bond donors (Lipinski definition) is 2. The fourth-order valence-corrected chi connectivity index (χ4v) is 3.01. The Morgan fingerprint density at radius 1 is 1.00 bits per heavy atom. The maximum atomic E-state index is 12.4. The largest absolute Gasteiger partial charge is 0.496 e. The van der Waals surface area contributed by atoms with Gasteiger partial charge in [-0.25, -0.2) is 9.97 Å². The molecule has 29 heavy (non-hydrogen) atoms. The number of para-hydroxylation sites is 2. The minimum atomic E-state index is -0.287. The number of carbonyl (C=O) groups excluding carboxylic acids is 1. The number of carbonyl (C=O) groups is 1. The summed E-state index contributed by atoms with van der Waals surface area (Å²) >= 11 is 0. The predicted octanol–water partition coefficient (Wildman–Crippen LogP) is 4.46. The number of aromatic nitrogens is 2. The van der Waals surface area contributed by atoms with E-state index >= 15 is 0 Å². The van der Waals surface area contributed by atoms with Crippen LogP contribution in [0.2, 0.25) is 0 Å². The quantitative estimate of drug-likeness (QED) is 0.650. The second kappa shape index (κ2) is 8.73. The number of ether oxygens (including phenoxy) is 1. The first-order valence-corrected chi connectivity index (χ1v) is 9.47. The molecule has 0 aliphatic carbocycles. The number of methoxy groups -OCH3 is 1. The molecule has 2 aromatic carbocycles. The van der Waals surface area contributed by atoms with E-state index in [9.17, 15) is 4.79 Å². The van der Waals surface area contributed by atoms with E-state index in [0.717, 1.165) is 17.0 Å². The molecule has 1 aromatic heterocycles. The van der Waals surface area contributed by atoms with Crippen molar-refractivity contribution >= 4 is 17.4 Å². The van der Waals surface area contributed by atoms with E-state index in [-0.39, 0.29) is 17.0 Å². The van der Waals surface area contributed by atoms with Gasteiger partial charge in [0.1, 0.15) is 17.3 Å². The van der Waals surface area contributed by atoms with Crippen molar-refractivity contribution in [3.8, 4) is 5.75 Å². The number of amides is 1. The molecule has 150 valence electrons. The summed E-state index contributed by atoms with van der Waals surface area (Å²) in [6, 6.07) is 15.7. The van der Waals surface area contributed by atoms with Gasteiger partial charge in [0, 0.05) is 17.8 Å². The SMILES string of the molecule is COc1ccccc1CNC(=O)c1cnc(Nc2ccccc2C(C)(C)C)cn1. The summed E-state index contributed by atoms with van der Waals surface area (Å²) in [5, 5.41) is 6.14. The summed E-state index contributed by atoms with van der Waals surface area (Å²) in [6.45, 7) is 6.83. The highest BCUT2D eigenvalue weighted by Gasteiger charge is 2.18. The third kappa shape index (κ3) is 5.10. The number of rotatable bonds is 6. The molecule has 0 bridgehead atoms. The van der Waals surface area contributed by atoms with E-state index < -0.39 is 0 Å². The molecule has 0 saturated heterocycles. The van der Waals surface area contributed by atoms with Gasteiger partial charge in [0.15, 0.2) is 0 Å². The van der Waals surface area contributed by atoms with Gasteiger partial charge in [-0.15, -0.1) is 0 Å². The molecule has 0 aliphatic heterocycles. The summed E-state index contributed by atoms with van der Waals surface area (Å²) in [4.78, 5) is 21.0. The van der Waals surface area contributed by atoms with E-state index in [1.165, 1.54) is 11.8 Å². The van der Waals surface area contributed by atoms with Gasteiger partial charge in [-0.2, -0.15) is 0 Å². The van der Waals surface area contributed by atoms with Crippen LogP contribution in [0.4, 0.5) is 11.5 Å². The molecule has 1 heterocycles. The predicted molar refractivity (Wildman–Crippen MR) is 115 cm³/mol. The molecule has 0 radical (unpaired) electrons. The van der Waals surface area contributed by atoms with Crippen LogP contribution in [0, 0.1) is 0 Å². The van der Waals surface area contributed by atoms with Crippen LogP contribution in [0.15, 0.2) is 60.9 Å². The molecule has 0 spiro atoms. The Hall–Kier alpha value is -3.41. The van der Waals surface area contributed by atoms with E-state index in [1.54, 1.807) is 13.3 Å². The summed E-state index contributed by atoms with van der Waals surface area (Å²) in [5.41, 5.74) is 3.31. The van der Waals surface area contributed by atoms with Crippen LogP contribution in [0.5, 0.6) is 5.75 Å². The van der Waals surface area contributed by atoms with Crippen LogP contribution < -0.4 is 15.4 Å². The number of nitrogens with one attached hydrogen (secondary N) is 2. The Morgan fingerprint density at radius 3 is 2.41 bits per heavy atom. The van der Waals surface area contributed by atoms with E-state index in [2.05, 4.69) is 47.4 Å². The Labute approximate surface area is 171 Å². The zero-order chi connectivity index (χ0) is 20.9. The van der Waals surface area contributed by atoms with Crippen molar-refractivity contribution in [2.45, 2.75) is 32.7 Å². The highest BCUT2D eigenvalue weighted by atomic mass is 16.5. The molecular formula is C23H26N4O2. The van der Waals surface area contributed by atoms with Crippen LogP contribution in [-0.4, -0.2) is 23.0 Å². The van der Waals surface area contributed by atoms with Crippen LogP contribution in [0.1, 0.15) is 42.4 Å². The number of hydrogen-bond acceptors (Lipinski definition) is 5. The normalized spacial score (nSPS) is 11.0. The summed E-state index contributed by atoms with van der Waals surface area (Å²) in [5.74, 6) is 1.03. The second-order valence-electron chi connectivity index (χ2n) is 7.70. The second-order valence-corrected chi connectivity index (χ2v) is 7.70. The lowest BCUT2D eigenvalue weighted by Crippen LogP contribution is -2.24. The molecule has 0 saturated carbocycles. The van der Waals surface area contributed by atoms with Gasteiger partial charge in [-0.1, -0.05) is 57.2 Å².